The van der Waals surface area contributed by atoms with E-state index in [0.29, 0.717) is 22.3 Å². The van der Waals surface area contributed by atoms with Crippen LogP contribution < -0.4 is 5.32 Å². The third-order valence-electron chi connectivity index (χ3n) is 2.82. The van der Waals surface area contributed by atoms with Crippen LogP contribution in [0.1, 0.15) is 17.4 Å². The maximum Gasteiger partial charge on any atom is 0.355 e. The maximum atomic E-state index is 12.2. The van der Waals surface area contributed by atoms with Gasteiger partial charge >= 0.3 is 5.97 Å². The number of aromatic amines is 1. The summed E-state index contributed by atoms with van der Waals surface area (Å²) in [7, 11) is 0. The number of H-pyrrole nitrogens is 1. The molecule has 0 aliphatic rings. The van der Waals surface area contributed by atoms with Crippen molar-refractivity contribution >= 4 is 29.3 Å². The summed E-state index contributed by atoms with van der Waals surface area (Å²) in [5, 5.41) is 2.55. The normalized spacial score (nSPS) is 12.0. The predicted octanol–water partition coefficient (Wildman–Crippen LogP) is 3.51. The monoisotopic (exact) mass is 340 g/mol. The molecular formula is C15H14F2N2O3S. The van der Waals surface area contributed by atoms with Crippen LogP contribution >= 0.6 is 11.8 Å². The van der Waals surface area contributed by atoms with Crippen molar-refractivity contribution in [2.75, 3.05) is 5.32 Å². The van der Waals surface area contributed by atoms with Gasteiger partial charge in [0.1, 0.15) is 5.69 Å². The molecule has 2 N–H and O–H groups in total. The van der Waals surface area contributed by atoms with Crippen molar-refractivity contribution in [3.63, 3.8) is 0 Å². The van der Waals surface area contributed by atoms with Crippen LogP contribution in [0.3, 0.4) is 0 Å². The molecule has 2 aromatic rings. The molecule has 0 bridgehead atoms. The number of carbonyl (C=O) groups is 2. The molecule has 0 fully saturated rings. The van der Waals surface area contributed by atoms with E-state index in [0.717, 1.165) is 0 Å². The summed E-state index contributed by atoms with van der Waals surface area (Å²) in [6.07, 6.45) is 0.571. The van der Waals surface area contributed by atoms with E-state index in [1.54, 1.807) is 12.3 Å². The highest BCUT2D eigenvalue weighted by Crippen LogP contribution is 2.26. The van der Waals surface area contributed by atoms with E-state index in [9.17, 15) is 18.4 Å². The van der Waals surface area contributed by atoms with Crippen molar-refractivity contribution in [3.8, 4) is 0 Å². The number of nitrogens with one attached hydrogen (secondary N) is 2. The van der Waals surface area contributed by atoms with Crippen molar-refractivity contribution in [2.45, 2.75) is 23.7 Å². The maximum absolute atomic E-state index is 12.2. The Morgan fingerprint density at radius 1 is 1.22 bits per heavy atom. The fourth-order valence-electron chi connectivity index (χ4n) is 1.70. The summed E-state index contributed by atoms with van der Waals surface area (Å²) >= 11 is 0.420. The Labute approximate surface area is 135 Å². The van der Waals surface area contributed by atoms with E-state index in [1.165, 1.54) is 37.3 Å². The summed E-state index contributed by atoms with van der Waals surface area (Å²) in [6, 6.07) is 9.13. The molecular weight excluding hydrogens is 326 g/mol. The Balaban J connectivity index is 1.89. The van der Waals surface area contributed by atoms with Gasteiger partial charge in [-0.25, -0.2) is 4.79 Å². The van der Waals surface area contributed by atoms with Gasteiger partial charge in [0.05, 0.1) is 0 Å². The number of halogens is 2. The highest BCUT2D eigenvalue weighted by atomic mass is 32.2. The van der Waals surface area contributed by atoms with Gasteiger partial charge < -0.3 is 15.0 Å². The Morgan fingerprint density at radius 3 is 2.48 bits per heavy atom. The summed E-state index contributed by atoms with van der Waals surface area (Å²) in [5.74, 6) is -3.65. The quantitative estimate of drug-likeness (QED) is 0.623. The molecule has 8 heteroatoms. The molecule has 23 heavy (non-hydrogen) atoms. The third-order valence-corrected chi connectivity index (χ3v) is 3.54. The van der Waals surface area contributed by atoms with Crippen molar-refractivity contribution in [2.24, 2.45) is 0 Å². The average Bonchev–Trinajstić information content (AvgIpc) is 3.03. The van der Waals surface area contributed by atoms with Crippen LogP contribution in [-0.4, -0.2) is 28.7 Å². The Hall–Kier alpha value is -2.35. The van der Waals surface area contributed by atoms with Gasteiger partial charge in [-0.2, -0.15) is 8.78 Å². The highest BCUT2D eigenvalue weighted by Gasteiger charge is 2.19. The second-order valence-corrected chi connectivity index (χ2v) is 5.59. The molecule has 0 unspecified atom stereocenters. The molecule has 0 saturated heterocycles. The largest absolute Gasteiger partial charge is 0.448 e. The van der Waals surface area contributed by atoms with Crippen molar-refractivity contribution in [3.05, 3.63) is 48.3 Å². The Kier molecular flexibility index (Phi) is 5.75. The van der Waals surface area contributed by atoms with Gasteiger partial charge in [-0.3, -0.25) is 4.79 Å². The number of carbonyl (C=O) groups excluding carboxylic acids is 2. The number of alkyl halides is 2. The van der Waals surface area contributed by atoms with E-state index in [1.807, 2.05) is 0 Å². The van der Waals surface area contributed by atoms with Crippen LogP contribution in [-0.2, 0) is 9.53 Å². The molecule has 5 nitrogen and oxygen atoms in total. The van der Waals surface area contributed by atoms with Crippen LogP contribution in [0.4, 0.5) is 14.5 Å². The molecule has 1 heterocycles. The second kappa shape index (κ2) is 7.77. The van der Waals surface area contributed by atoms with Gasteiger partial charge in [0.15, 0.2) is 6.10 Å². The SMILES string of the molecule is C[C@@H](OC(=O)c1ccc[nH]1)C(=O)Nc1ccc(SC(F)F)cc1. The highest BCUT2D eigenvalue weighted by molar-refractivity contribution is 7.99. The first-order valence-corrected chi connectivity index (χ1v) is 7.54. The lowest BCUT2D eigenvalue weighted by molar-refractivity contribution is -0.123. The number of benzene rings is 1. The topological polar surface area (TPSA) is 71.2 Å². The third kappa shape index (κ3) is 5.10. The Bertz CT molecular complexity index is 660. The van der Waals surface area contributed by atoms with Crippen molar-refractivity contribution in [1.29, 1.82) is 0 Å². The van der Waals surface area contributed by atoms with Crippen LogP contribution in [0, 0.1) is 0 Å². The van der Waals surface area contributed by atoms with Crippen LogP contribution in [0.15, 0.2) is 47.5 Å². The number of amides is 1. The van der Waals surface area contributed by atoms with Gasteiger partial charge in [-0.15, -0.1) is 0 Å². The number of hydrogen-bond donors (Lipinski definition) is 2. The number of thioether (sulfide) groups is 1. The van der Waals surface area contributed by atoms with E-state index in [2.05, 4.69) is 10.3 Å². The lowest BCUT2D eigenvalue weighted by Crippen LogP contribution is -2.30. The molecule has 1 atom stereocenters. The number of rotatable bonds is 6. The zero-order valence-electron chi connectivity index (χ0n) is 12.1. The lowest BCUT2D eigenvalue weighted by atomic mass is 10.3. The standard InChI is InChI=1S/C15H14F2N2O3S/c1-9(22-14(21)12-3-2-8-18-12)13(20)19-10-4-6-11(7-5-10)23-15(16)17/h2-9,15,18H,1H3,(H,19,20)/t9-/m1/s1. The Morgan fingerprint density at radius 2 is 1.91 bits per heavy atom. The molecule has 1 aromatic carbocycles. The molecule has 0 aliphatic carbocycles. The molecule has 0 saturated carbocycles. The number of anilines is 1. The van der Waals surface area contributed by atoms with Gasteiger partial charge in [-0.05, 0) is 43.3 Å². The number of hydrogen-bond acceptors (Lipinski definition) is 4. The molecule has 1 aromatic heterocycles. The summed E-state index contributed by atoms with van der Waals surface area (Å²) in [6.45, 7) is 1.44. The smallest absolute Gasteiger partial charge is 0.355 e. The fraction of sp³-hybridized carbons (Fsp3) is 0.200. The molecule has 1 amide bonds. The van der Waals surface area contributed by atoms with E-state index in [-0.39, 0.29) is 5.69 Å². The minimum absolute atomic E-state index is 0.248. The zero-order chi connectivity index (χ0) is 16.8. The van der Waals surface area contributed by atoms with Gasteiger partial charge in [0, 0.05) is 16.8 Å². The zero-order valence-corrected chi connectivity index (χ0v) is 12.9. The number of ether oxygens (including phenoxy) is 1. The molecule has 122 valence electrons. The number of esters is 1. The van der Waals surface area contributed by atoms with E-state index < -0.39 is 23.7 Å². The first-order chi connectivity index (χ1) is 11.0. The summed E-state index contributed by atoms with van der Waals surface area (Å²) in [5.41, 5.74) is 0.675. The lowest BCUT2D eigenvalue weighted by Gasteiger charge is -2.13. The van der Waals surface area contributed by atoms with Gasteiger partial charge in [0.25, 0.3) is 11.7 Å². The number of aromatic nitrogens is 1. The summed E-state index contributed by atoms with van der Waals surface area (Å²) in [4.78, 5) is 26.7. The van der Waals surface area contributed by atoms with Crippen LogP contribution in [0.5, 0.6) is 0 Å². The van der Waals surface area contributed by atoms with E-state index >= 15 is 0 Å². The van der Waals surface area contributed by atoms with Crippen LogP contribution in [0.25, 0.3) is 0 Å². The van der Waals surface area contributed by atoms with Gasteiger partial charge in [0.2, 0.25) is 0 Å². The minimum Gasteiger partial charge on any atom is -0.448 e. The first-order valence-electron chi connectivity index (χ1n) is 6.66. The van der Waals surface area contributed by atoms with E-state index in [4.69, 9.17) is 4.74 Å². The minimum atomic E-state index is -2.50. The molecule has 0 radical (unpaired) electrons. The van der Waals surface area contributed by atoms with Gasteiger partial charge in [-0.1, -0.05) is 11.8 Å². The second-order valence-electron chi connectivity index (χ2n) is 4.52. The predicted molar refractivity (Wildman–Crippen MR) is 82.6 cm³/mol. The molecule has 2 rings (SSSR count). The van der Waals surface area contributed by atoms with Crippen LogP contribution in [0.2, 0.25) is 0 Å². The molecule has 0 aliphatic heterocycles. The van der Waals surface area contributed by atoms with Crippen molar-refractivity contribution < 1.29 is 23.1 Å². The fourth-order valence-corrected chi connectivity index (χ4v) is 2.20. The molecule has 0 spiro atoms. The first kappa shape index (κ1) is 17.0. The summed E-state index contributed by atoms with van der Waals surface area (Å²) < 4.78 is 29.5. The average molecular weight is 340 g/mol. The van der Waals surface area contributed by atoms with Crippen molar-refractivity contribution in [1.82, 2.24) is 4.98 Å².